The molecule has 0 N–H and O–H groups in total. The summed E-state index contributed by atoms with van der Waals surface area (Å²) in [7, 11) is 0. The number of para-hydroxylation sites is 4. The highest BCUT2D eigenvalue weighted by atomic mass is 16.3. The van der Waals surface area contributed by atoms with Gasteiger partial charge in [0.25, 0.3) is 0 Å². The zero-order chi connectivity index (χ0) is 34.4. The molecule has 13 rings (SSSR count). The van der Waals surface area contributed by atoms with Crippen molar-refractivity contribution in [1.82, 2.24) is 9.13 Å². The molecule has 0 aliphatic carbocycles. The van der Waals surface area contributed by atoms with Crippen LogP contribution in [-0.4, -0.2) is 9.13 Å². The number of hydrogen-bond donors (Lipinski definition) is 0. The third-order valence-corrected chi connectivity index (χ3v) is 11.3. The van der Waals surface area contributed by atoms with E-state index in [1.807, 2.05) is 24.3 Å². The fourth-order valence-corrected chi connectivity index (χ4v) is 9.10. The second kappa shape index (κ2) is 9.75. The van der Waals surface area contributed by atoms with Gasteiger partial charge < -0.3 is 22.4 Å². The molecule has 0 aliphatic rings. The Balaban J connectivity index is 1.11. The molecule has 0 atom stereocenters. The number of benzene rings is 8. The van der Waals surface area contributed by atoms with Gasteiger partial charge in [0.1, 0.15) is 33.5 Å². The number of aromatic nitrogens is 2. The predicted octanol–water partition coefficient (Wildman–Crippen LogP) is 13.6. The van der Waals surface area contributed by atoms with Crippen LogP contribution in [0.25, 0.3) is 121 Å². The maximum Gasteiger partial charge on any atom is 0.137 e. The Hall–Kier alpha value is -7.24. The Morgan fingerprint density at radius 1 is 0.283 bits per heavy atom. The van der Waals surface area contributed by atoms with Crippen molar-refractivity contribution in [2.75, 3.05) is 0 Å². The molecule has 0 unspecified atom stereocenters. The van der Waals surface area contributed by atoms with E-state index in [4.69, 9.17) is 13.3 Å². The SMILES string of the molecule is c1ccc2c(c1)oc1ccc3c4ccccc4n(-c4ccc5oc6ccc(-n7c8ccccc8c8ccc9oc%10ccccc%10c9c87)cc6c5c4)c3c12. The maximum absolute atomic E-state index is 6.53. The van der Waals surface area contributed by atoms with Gasteiger partial charge in [-0.3, -0.25) is 0 Å². The Kier molecular flexibility index (Phi) is 5.06. The van der Waals surface area contributed by atoms with Crippen molar-refractivity contribution < 1.29 is 13.3 Å². The summed E-state index contributed by atoms with van der Waals surface area (Å²) in [5.74, 6) is 0. The van der Waals surface area contributed by atoms with Gasteiger partial charge in [0.15, 0.2) is 0 Å². The molecular weight excluding hydrogens is 653 g/mol. The van der Waals surface area contributed by atoms with E-state index in [2.05, 4.69) is 143 Å². The van der Waals surface area contributed by atoms with E-state index in [1.165, 1.54) is 21.5 Å². The molecule has 0 bridgehead atoms. The lowest BCUT2D eigenvalue weighted by molar-refractivity contribution is 0.668. The van der Waals surface area contributed by atoms with E-state index in [0.717, 1.165) is 99.3 Å². The van der Waals surface area contributed by atoms with Gasteiger partial charge in [0.2, 0.25) is 0 Å². The third-order valence-electron chi connectivity index (χ3n) is 11.3. The summed E-state index contributed by atoms with van der Waals surface area (Å²) in [6.07, 6.45) is 0. The molecule has 53 heavy (non-hydrogen) atoms. The van der Waals surface area contributed by atoms with Crippen LogP contribution in [0.4, 0.5) is 0 Å². The van der Waals surface area contributed by atoms with Gasteiger partial charge in [0, 0.05) is 54.5 Å². The monoisotopic (exact) mass is 678 g/mol. The molecule has 246 valence electrons. The number of rotatable bonds is 2. The molecule has 5 heteroatoms. The Labute approximate surface area is 300 Å². The minimum atomic E-state index is 0.853. The van der Waals surface area contributed by atoms with Crippen LogP contribution in [0.3, 0.4) is 0 Å². The summed E-state index contributed by atoms with van der Waals surface area (Å²) in [5, 5.41) is 11.4. The summed E-state index contributed by atoms with van der Waals surface area (Å²) in [6.45, 7) is 0. The molecule has 13 aromatic rings. The second-order valence-electron chi connectivity index (χ2n) is 14.0. The van der Waals surface area contributed by atoms with Crippen LogP contribution in [0.5, 0.6) is 0 Å². The molecule has 0 saturated heterocycles. The maximum atomic E-state index is 6.53. The van der Waals surface area contributed by atoms with E-state index in [1.54, 1.807) is 0 Å². The average molecular weight is 679 g/mol. The molecular formula is C48H26N2O3. The van der Waals surface area contributed by atoms with Crippen LogP contribution in [0.15, 0.2) is 171 Å². The van der Waals surface area contributed by atoms with Gasteiger partial charge in [-0.05, 0) is 84.9 Å². The first-order valence-electron chi connectivity index (χ1n) is 17.9. The standard InChI is InChI=1S/C48H26N2O3/c1-5-13-37-29(9-1)31-19-23-43-45(33-11-3-7-15-39(33)52-43)47(31)49(37)27-17-21-41-35(25-27)36-26-28(18-22-42(36)51-41)50-38-14-6-2-10-30(38)32-20-24-44-46(48(32)50)34-12-4-8-16-40(34)53-44/h1-26H. The van der Waals surface area contributed by atoms with E-state index >= 15 is 0 Å². The molecule has 5 heterocycles. The number of nitrogens with zero attached hydrogens (tertiary/aromatic N) is 2. The van der Waals surface area contributed by atoms with Gasteiger partial charge in [-0.1, -0.05) is 72.8 Å². The molecule has 5 nitrogen and oxygen atoms in total. The summed E-state index contributed by atoms with van der Waals surface area (Å²) in [5.41, 5.74) is 12.0. The number of furan rings is 3. The minimum absolute atomic E-state index is 0.853. The van der Waals surface area contributed by atoms with Crippen LogP contribution in [0.1, 0.15) is 0 Å². The van der Waals surface area contributed by atoms with Crippen molar-refractivity contribution in [3.63, 3.8) is 0 Å². The van der Waals surface area contributed by atoms with E-state index in [0.29, 0.717) is 0 Å². The Bertz CT molecular complexity index is 3450. The molecule has 0 radical (unpaired) electrons. The van der Waals surface area contributed by atoms with Crippen molar-refractivity contribution in [3.05, 3.63) is 158 Å². The smallest absolute Gasteiger partial charge is 0.137 e. The molecule has 8 aromatic carbocycles. The lowest BCUT2D eigenvalue weighted by Crippen LogP contribution is -1.94. The van der Waals surface area contributed by atoms with Crippen molar-refractivity contribution in [3.8, 4) is 11.4 Å². The summed E-state index contributed by atoms with van der Waals surface area (Å²) < 4.78 is 24.1. The second-order valence-corrected chi connectivity index (χ2v) is 14.0. The normalized spacial score (nSPS) is 12.5. The van der Waals surface area contributed by atoms with Crippen LogP contribution in [0, 0.1) is 0 Å². The predicted molar refractivity (Wildman–Crippen MR) is 217 cm³/mol. The fourth-order valence-electron chi connectivity index (χ4n) is 9.10. The first-order valence-corrected chi connectivity index (χ1v) is 17.9. The average Bonchev–Trinajstić information content (AvgIpc) is 4.01. The van der Waals surface area contributed by atoms with Crippen LogP contribution in [-0.2, 0) is 0 Å². The number of hydrogen-bond acceptors (Lipinski definition) is 3. The Morgan fingerprint density at radius 2 is 0.660 bits per heavy atom. The van der Waals surface area contributed by atoms with Crippen LogP contribution in [0.2, 0.25) is 0 Å². The van der Waals surface area contributed by atoms with Gasteiger partial charge in [-0.2, -0.15) is 0 Å². The zero-order valence-corrected chi connectivity index (χ0v) is 28.1. The highest BCUT2D eigenvalue weighted by Crippen LogP contribution is 2.44. The van der Waals surface area contributed by atoms with E-state index < -0.39 is 0 Å². The van der Waals surface area contributed by atoms with Crippen molar-refractivity contribution in [2.45, 2.75) is 0 Å². The Morgan fingerprint density at radius 3 is 1.15 bits per heavy atom. The van der Waals surface area contributed by atoms with E-state index in [-0.39, 0.29) is 0 Å². The summed E-state index contributed by atoms with van der Waals surface area (Å²) in [6, 6.07) is 55.7. The molecule has 5 aromatic heterocycles. The van der Waals surface area contributed by atoms with Gasteiger partial charge >= 0.3 is 0 Å². The number of fused-ring (bicyclic) bond motifs is 17. The zero-order valence-electron chi connectivity index (χ0n) is 28.1. The molecule has 0 fully saturated rings. The topological polar surface area (TPSA) is 49.3 Å². The summed E-state index contributed by atoms with van der Waals surface area (Å²) >= 11 is 0. The minimum Gasteiger partial charge on any atom is -0.456 e. The van der Waals surface area contributed by atoms with E-state index in [9.17, 15) is 0 Å². The van der Waals surface area contributed by atoms with Gasteiger partial charge in [0.05, 0.1) is 32.8 Å². The largest absolute Gasteiger partial charge is 0.456 e. The highest BCUT2D eigenvalue weighted by molar-refractivity contribution is 6.26. The molecule has 0 saturated carbocycles. The van der Waals surface area contributed by atoms with Gasteiger partial charge in [-0.15, -0.1) is 0 Å². The first-order chi connectivity index (χ1) is 26.3. The molecule has 0 aliphatic heterocycles. The van der Waals surface area contributed by atoms with Crippen molar-refractivity contribution in [1.29, 1.82) is 0 Å². The van der Waals surface area contributed by atoms with Crippen molar-refractivity contribution >= 4 is 109 Å². The van der Waals surface area contributed by atoms with Crippen molar-refractivity contribution in [2.24, 2.45) is 0 Å². The molecule has 0 spiro atoms. The van der Waals surface area contributed by atoms with Crippen LogP contribution < -0.4 is 0 Å². The first kappa shape index (κ1) is 27.5. The fraction of sp³-hybridized carbons (Fsp3) is 0. The lowest BCUT2D eigenvalue weighted by Gasteiger charge is -2.10. The van der Waals surface area contributed by atoms with Gasteiger partial charge in [-0.25, -0.2) is 0 Å². The quantitative estimate of drug-likeness (QED) is 0.183. The van der Waals surface area contributed by atoms with Crippen LogP contribution >= 0.6 is 0 Å². The summed E-state index contributed by atoms with van der Waals surface area (Å²) in [4.78, 5) is 0. The highest BCUT2D eigenvalue weighted by Gasteiger charge is 2.22. The lowest BCUT2D eigenvalue weighted by atomic mass is 10.1. The third kappa shape index (κ3) is 3.51. The molecule has 0 amide bonds.